The van der Waals surface area contributed by atoms with Gasteiger partial charge in [0.25, 0.3) is 0 Å². The molecule has 1 radical (unpaired) electrons. The molecule has 26 heavy (non-hydrogen) atoms. The topological polar surface area (TPSA) is 37.3 Å². The van der Waals surface area contributed by atoms with Crippen molar-refractivity contribution in [2.24, 2.45) is 0 Å². The molecule has 1 N–H and O–H groups in total. The summed E-state index contributed by atoms with van der Waals surface area (Å²) in [5.74, 6) is 0.113. The SMILES string of the molecule is CC1=CC(C(C)=C2C(=O)C(C(C)=C3C=C(C)[Te]C(C)=C3)=C2O)=CC(C)=[Se]1. The maximum absolute atomic E-state index is 12.9. The van der Waals surface area contributed by atoms with Crippen molar-refractivity contribution in [3.8, 4) is 0 Å². The van der Waals surface area contributed by atoms with E-state index in [1.165, 1.54) is 16.1 Å². The first kappa shape index (κ1) is 19.6. The van der Waals surface area contributed by atoms with Gasteiger partial charge in [-0.2, -0.15) is 0 Å². The molecule has 0 atom stereocenters. The summed E-state index contributed by atoms with van der Waals surface area (Å²) < 4.78 is 5.50. The molecule has 3 rings (SSSR count). The molecule has 0 unspecified atom stereocenters. The summed E-state index contributed by atoms with van der Waals surface area (Å²) >= 11 is 0.192. The normalized spacial score (nSPS) is 22.2. The third kappa shape index (κ3) is 3.62. The predicted octanol–water partition coefficient (Wildman–Crippen LogP) is 4.28. The van der Waals surface area contributed by atoms with Gasteiger partial charge in [0.05, 0.1) is 0 Å². The first-order valence-electron chi connectivity index (χ1n) is 8.55. The molecule has 2 heterocycles. The molecule has 135 valence electrons. The van der Waals surface area contributed by atoms with Crippen molar-refractivity contribution in [1.82, 2.24) is 0 Å². The summed E-state index contributed by atoms with van der Waals surface area (Å²) in [5.41, 5.74) is 4.81. The van der Waals surface area contributed by atoms with Gasteiger partial charge >= 0.3 is 172 Å². The number of carbonyl (C=O) groups is 1. The van der Waals surface area contributed by atoms with Crippen LogP contribution in [0, 0.1) is 0 Å². The molecule has 0 amide bonds. The van der Waals surface area contributed by atoms with Gasteiger partial charge in [0.15, 0.2) is 0 Å². The molecular formula is C22H23O2SeTe. The zero-order chi connectivity index (χ0) is 19.2. The molecule has 0 spiro atoms. The van der Waals surface area contributed by atoms with Crippen molar-refractivity contribution in [1.29, 1.82) is 0 Å². The second-order valence-corrected chi connectivity index (χ2v) is 14.2. The van der Waals surface area contributed by atoms with Crippen LogP contribution in [0.5, 0.6) is 0 Å². The number of ketones is 1. The van der Waals surface area contributed by atoms with Crippen LogP contribution in [-0.4, -0.2) is 50.8 Å². The molecular weight excluding hydrogens is 503 g/mol. The zero-order valence-corrected chi connectivity index (χ0v) is 20.0. The van der Waals surface area contributed by atoms with Crippen LogP contribution in [0.25, 0.3) is 0 Å². The van der Waals surface area contributed by atoms with E-state index in [1.807, 2.05) is 13.8 Å². The monoisotopic (exact) mass is 529 g/mol. The number of Topliss-reactive ketones (excluding diaryl/α,β-unsaturated/α-hetero) is 1. The summed E-state index contributed by atoms with van der Waals surface area (Å²) in [6.45, 7) is 12.4. The fourth-order valence-corrected chi connectivity index (χ4v) is 7.76. The number of aliphatic hydroxyl groups excluding tert-OH is 1. The molecule has 0 fully saturated rings. The van der Waals surface area contributed by atoms with Crippen LogP contribution in [0.1, 0.15) is 41.5 Å². The van der Waals surface area contributed by atoms with Crippen LogP contribution < -0.4 is 0 Å². The van der Waals surface area contributed by atoms with Crippen LogP contribution in [0.4, 0.5) is 0 Å². The van der Waals surface area contributed by atoms with Gasteiger partial charge < -0.3 is 0 Å². The van der Waals surface area contributed by atoms with Gasteiger partial charge in [-0.15, -0.1) is 0 Å². The van der Waals surface area contributed by atoms with Gasteiger partial charge in [-0.3, -0.25) is 0 Å². The van der Waals surface area contributed by atoms with Gasteiger partial charge in [0.2, 0.25) is 0 Å². The van der Waals surface area contributed by atoms with E-state index in [0.29, 0.717) is 25.7 Å². The Balaban J connectivity index is 2.06. The van der Waals surface area contributed by atoms with E-state index in [9.17, 15) is 9.90 Å². The van der Waals surface area contributed by atoms with E-state index in [0.717, 1.165) is 22.3 Å². The minimum absolute atomic E-state index is 0.0372. The van der Waals surface area contributed by atoms with E-state index in [4.69, 9.17) is 0 Å². The second kappa shape index (κ2) is 7.45. The van der Waals surface area contributed by atoms with Gasteiger partial charge in [-0.1, -0.05) is 0 Å². The standard InChI is InChI=1S/C22H23O2SeTe/c1-11-7-17(8-12(2)25-11)15(5)19-21(23)20(22(19)24)16(6)18-9-13(3)26-14(4)10-18/h7-10,23H,1-6H3. The average Bonchev–Trinajstić information content (AvgIpc) is 2.53. The van der Waals surface area contributed by atoms with Crippen molar-refractivity contribution < 1.29 is 9.90 Å². The summed E-state index contributed by atoms with van der Waals surface area (Å²) in [5, 5.41) is 10.7. The van der Waals surface area contributed by atoms with Gasteiger partial charge in [-0.25, -0.2) is 0 Å². The molecule has 0 bridgehead atoms. The average molecular weight is 526 g/mol. The first-order valence-corrected chi connectivity index (χ1v) is 12.6. The molecule has 4 heteroatoms. The number of hydrogen-bond donors (Lipinski definition) is 1. The van der Waals surface area contributed by atoms with E-state index in [2.05, 4.69) is 52.0 Å². The van der Waals surface area contributed by atoms with E-state index in [1.54, 1.807) is 0 Å². The Morgan fingerprint density at radius 3 is 2.12 bits per heavy atom. The summed E-state index contributed by atoms with van der Waals surface area (Å²) in [6.07, 6.45) is 8.62. The molecule has 0 saturated heterocycles. The summed E-state index contributed by atoms with van der Waals surface area (Å²) in [6, 6.07) is 0. The molecule has 0 aromatic carbocycles. The number of carbonyl (C=O) groups excluding carboxylic acids is 1. The van der Waals surface area contributed by atoms with Gasteiger partial charge in [0.1, 0.15) is 0 Å². The predicted molar refractivity (Wildman–Crippen MR) is 112 cm³/mol. The quantitative estimate of drug-likeness (QED) is 0.432. The number of aliphatic hydroxyl groups is 1. The summed E-state index contributed by atoms with van der Waals surface area (Å²) in [7, 11) is 0. The van der Waals surface area contributed by atoms with Crippen LogP contribution in [0.3, 0.4) is 0 Å². The summed E-state index contributed by atoms with van der Waals surface area (Å²) in [4.78, 5) is 12.9. The van der Waals surface area contributed by atoms with E-state index in [-0.39, 0.29) is 32.5 Å². The number of hydrogen-bond acceptors (Lipinski definition) is 2. The van der Waals surface area contributed by atoms with Crippen LogP contribution in [0.15, 0.2) is 75.2 Å². The van der Waals surface area contributed by atoms with Crippen molar-refractivity contribution in [2.75, 3.05) is 0 Å². The molecule has 1 aliphatic carbocycles. The Hall–Kier alpha value is -1.17. The Kier molecular flexibility index (Phi) is 5.61. The Morgan fingerprint density at radius 2 is 1.58 bits per heavy atom. The minimum atomic E-state index is -0.211. The fraction of sp³-hybridized carbons (Fsp3) is 0.273. The Bertz CT molecular complexity index is 953. The third-order valence-corrected chi connectivity index (χ3v) is 8.98. The van der Waals surface area contributed by atoms with Crippen LogP contribution >= 0.6 is 0 Å². The number of rotatable bonds is 2. The van der Waals surface area contributed by atoms with Gasteiger partial charge in [-0.05, 0) is 0 Å². The molecule has 2 aliphatic heterocycles. The van der Waals surface area contributed by atoms with Gasteiger partial charge in [0, 0.05) is 0 Å². The van der Waals surface area contributed by atoms with Crippen molar-refractivity contribution >= 4 is 45.6 Å². The molecule has 0 saturated carbocycles. The number of allylic oxidation sites excluding steroid dienone is 13. The first-order chi connectivity index (χ1) is 12.2. The van der Waals surface area contributed by atoms with Crippen molar-refractivity contribution in [2.45, 2.75) is 41.5 Å². The maximum atomic E-state index is 12.9. The molecule has 0 aromatic heterocycles. The molecule has 3 aliphatic rings. The zero-order valence-electron chi connectivity index (χ0n) is 16.0. The van der Waals surface area contributed by atoms with E-state index < -0.39 is 0 Å². The molecule has 2 nitrogen and oxygen atoms in total. The van der Waals surface area contributed by atoms with Crippen molar-refractivity contribution in [3.05, 3.63) is 75.2 Å². The Morgan fingerprint density at radius 1 is 0.962 bits per heavy atom. The Labute approximate surface area is 171 Å². The molecule has 0 aromatic rings. The van der Waals surface area contributed by atoms with Crippen molar-refractivity contribution in [3.63, 3.8) is 0 Å². The second-order valence-electron chi connectivity index (χ2n) is 6.81. The fourth-order valence-electron chi connectivity index (χ4n) is 3.41. The van der Waals surface area contributed by atoms with Crippen LogP contribution in [0.2, 0.25) is 0 Å². The third-order valence-electron chi connectivity index (χ3n) is 4.62. The van der Waals surface area contributed by atoms with Crippen LogP contribution in [-0.2, 0) is 4.79 Å². The van der Waals surface area contributed by atoms with E-state index >= 15 is 0 Å².